The van der Waals surface area contributed by atoms with Crippen molar-refractivity contribution in [3.8, 4) is 0 Å². The minimum absolute atomic E-state index is 0.223. The second-order valence-electron chi connectivity index (χ2n) is 9.34. The highest BCUT2D eigenvalue weighted by molar-refractivity contribution is 7.18. The number of nitrogens with zero attached hydrogens (tertiary/aromatic N) is 5. The summed E-state index contributed by atoms with van der Waals surface area (Å²) >= 11 is 1.80. The fraction of sp³-hybridized carbons (Fsp3) is 0.625. The molecule has 0 aliphatic carbocycles. The lowest BCUT2D eigenvalue weighted by Crippen LogP contribution is -2.53. The van der Waals surface area contributed by atoms with Crippen molar-refractivity contribution in [3.63, 3.8) is 0 Å². The number of thiazole rings is 1. The average molecular weight is 456 g/mol. The Labute approximate surface area is 194 Å². The van der Waals surface area contributed by atoms with Crippen LogP contribution in [0.1, 0.15) is 36.6 Å². The number of piperazine rings is 1. The Morgan fingerprint density at radius 1 is 0.844 bits per heavy atom. The van der Waals surface area contributed by atoms with E-state index in [1.54, 1.807) is 11.3 Å². The van der Waals surface area contributed by atoms with Crippen LogP contribution in [0.5, 0.6) is 0 Å². The molecule has 3 aliphatic heterocycles. The molecule has 8 heteroatoms. The summed E-state index contributed by atoms with van der Waals surface area (Å²) in [4.78, 5) is 38.7. The molecule has 2 aromatic rings. The number of rotatable bonds is 5. The number of fused-ring (bicyclic) bond motifs is 1. The third kappa shape index (κ3) is 4.97. The van der Waals surface area contributed by atoms with Gasteiger partial charge in [0.05, 0.1) is 28.3 Å². The molecule has 3 saturated heterocycles. The van der Waals surface area contributed by atoms with Crippen LogP contribution in [0, 0.1) is 0 Å². The van der Waals surface area contributed by atoms with Crippen molar-refractivity contribution < 1.29 is 9.59 Å². The number of hydrogen-bond acceptors (Lipinski definition) is 6. The molecule has 0 saturated carbocycles. The molecular formula is C24H33N5O2S. The first-order valence-electron chi connectivity index (χ1n) is 12.0. The van der Waals surface area contributed by atoms with E-state index in [0.717, 1.165) is 83.6 Å². The van der Waals surface area contributed by atoms with Gasteiger partial charge in [-0.1, -0.05) is 12.1 Å². The van der Waals surface area contributed by atoms with E-state index in [0.29, 0.717) is 19.0 Å². The van der Waals surface area contributed by atoms with Crippen LogP contribution >= 0.6 is 11.3 Å². The quantitative estimate of drug-likeness (QED) is 0.692. The van der Waals surface area contributed by atoms with Gasteiger partial charge in [0.1, 0.15) is 0 Å². The zero-order valence-electron chi connectivity index (χ0n) is 18.7. The van der Waals surface area contributed by atoms with Crippen LogP contribution in [-0.2, 0) is 9.59 Å². The van der Waals surface area contributed by atoms with Gasteiger partial charge in [0.25, 0.3) is 0 Å². The summed E-state index contributed by atoms with van der Waals surface area (Å²) in [7, 11) is 0. The van der Waals surface area contributed by atoms with Crippen LogP contribution in [0.25, 0.3) is 10.2 Å². The highest BCUT2D eigenvalue weighted by Crippen LogP contribution is 2.32. The maximum absolute atomic E-state index is 13.0. The van der Waals surface area contributed by atoms with Gasteiger partial charge in [-0.05, 0) is 44.4 Å². The molecule has 3 aliphatic rings. The minimum Gasteiger partial charge on any atom is -0.342 e. The number of carbonyl (C=O) groups excluding carboxylic acids is 2. The maximum Gasteiger partial charge on any atom is 0.236 e. The number of benzene rings is 1. The molecule has 2 amide bonds. The van der Waals surface area contributed by atoms with E-state index in [2.05, 4.69) is 28.0 Å². The molecular weight excluding hydrogens is 422 g/mol. The van der Waals surface area contributed by atoms with E-state index in [-0.39, 0.29) is 11.8 Å². The summed E-state index contributed by atoms with van der Waals surface area (Å²) in [5.74, 6) is 0.888. The summed E-state index contributed by atoms with van der Waals surface area (Å²) in [5.41, 5.74) is 1.08. The van der Waals surface area contributed by atoms with Gasteiger partial charge in [-0.2, -0.15) is 0 Å². The van der Waals surface area contributed by atoms with Crippen LogP contribution in [-0.4, -0.2) is 102 Å². The van der Waals surface area contributed by atoms with Gasteiger partial charge < -0.3 is 9.80 Å². The van der Waals surface area contributed by atoms with E-state index < -0.39 is 0 Å². The molecule has 0 spiro atoms. The molecule has 0 radical (unpaired) electrons. The number of hydrogen-bond donors (Lipinski definition) is 0. The predicted molar refractivity (Wildman–Crippen MR) is 127 cm³/mol. The van der Waals surface area contributed by atoms with Crippen molar-refractivity contribution >= 4 is 33.4 Å². The number of aromatic nitrogens is 1. The zero-order chi connectivity index (χ0) is 21.9. The SMILES string of the molecule is O=C(CN1CCN(C(=O)CN2CCCC(c3nc4ccccc4s3)C2)CC1)N1CCCC1. The summed E-state index contributed by atoms with van der Waals surface area (Å²) < 4.78 is 1.25. The number of likely N-dealkylation sites (tertiary alicyclic amines) is 2. The van der Waals surface area contributed by atoms with E-state index in [1.165, 1.54) is 9.71 Å². The third-order valence-electron chi connectivity index (χ3n) is 7.07. The monoisotopic (exact) mass is 455 g/mol. The number of carbonyl (C=O) groups is 2. The first-order chi connectivity index (χ1) is 15.7. The van der Waals surface area contributed by atoms with Crippen molar-refractivity contribution in [2.75, 3.05) is 65.4 Å². The lowest BCUT2D eigenvalue weighted by molar-refractivity contribution is -0.135. The van der Waals surface area contributed by atoms with Gasteiger partial charge in [-0.25, -0.2) is 4.98 Å². The molecule has 4 heterocycles. The second kappa shape index (κ2) is 9.85. The summed E-state index contributed by atoms with van der Waals surface area (Å²) in [6.45, 7) is 7.73. The lowest BCUT2D eigenvalue weighted by Gasteiger charge is -2.37. The lowest BCUT2D eigenvalue weighted by atomic mass is 9.98. The van der Waals surface area contributed by atoms with E-state index >= 15 is 0 Å². The molecule has 1 unspecified atom stereocenters. The van der Waals surface area contributed by atoms with Crippen LogP contribution < -0.4 is 0 Å². The Bertz CT molecular complexity index is 916. The van der Waals surface area contributed by atoms with E-state index in [9.17, 15) is 9.59 Å². The summed E-state index contributed by atoms with van der Waals surface area (Å²) in [6, 6.07) is 8.33. The fourth-order valence-corrected chi connectivity index (χ4v) is 6.26. The highest BCUT2D eigenvalue weighted by atomic mass is 32.1. The Morgan fingerprint density at radius 2 is 1.53 bits per heavy atom. The maximum atomic E-state index is 13.0. The molecule has 7 nitrogen and oxygen atoms in total. The van der Waals surface area contributed by atoms with Crippen molar-refractivity contribution in [1.29, 1.82) is 0 Å². The predicted octanol–water partition coefficient (Wildman–Crippen LogP) is 2.24. The molecule has 0 N–H and O–H groups in total. The van der Waals surface area contributed by atoms with Crippen LogP contribution in [0.3, 0.4) is 0 Å². The van der Waals surface area contributed by atoms with Gasteiger partial charge in [0, 0.05) is 51.7 Å². The van der Waals surface area contributed by atoms with Gasteiger partial charge in [-0.3, -0.25) is 19.4 Å². The third-order valence-corrected chi connectivity index (χ3v) is 8.27. The van der Waals surface area contributed by atoms with Crippen molar-refractivity contribution in [2.24, 2.45) is 0 Å². The molecule has 172 valence electrons. The summed E-state index contributed by atoms with van der Waals surface area (Å²) in [6.07, 6.45) is 4.52. The van der Waals surface area contributed by atoms with E-state index in [4.69, 9.17) is 4.98 Å². The van der Waals surface area contributed by atoms with Crippen molar-refractivity contribution in [1.82, 2.24) is 24.6 Å². The van der Waals surface area contributed by atoms with Gasteiger partial charge in [0.15, 0.2) is 0 Å². The molecule has 1 aromatic carbocycles. The van der Waals surface area contributed by atoms with Gasteiger partial charge in [-0.15, -0.1) is 11.3 Å². The number of amides is 2. The molecule has 0 bridgehead atoms. The average Bonchev–Trinajstić information content (AvgIpc) is 3.50. The minimum atomic E-state index is 0.223. The van der Waals surface area contributed by atoms with Gasteiger partial charge >= 0.3 is 0 Å². The molecule has 1 aromatic heterocycles. The second-order valence-corrected chi connectivity index (χ2v) is 10.4. The van der Waals surface area contributed by atoms with Crippen molar-refractivity contribution in [2.45, 2.75) is 31.6 Å². The Balaban J connectivity index is 1.10. The first-order valence-corrected chi connectivity index (χ1v) is 12.8. The van der Waals surface area contributed by atoms with Crippen LogP contribution in [0.4, 0.5) is 0 Å². The van der Waals surface area contributed by atoms with Crippen molar-refractivity contribution in [3.05, 3.63) is 29.3 Å². The Hall–Kier alpha value is -2.03. The number of para-hydroxylation sites is 1. The standard InChI is InChI=1S/C24H33N5O2S/c30-22(28-10-3-4-11-28)17-26-12-14-29(15-13-26)23(31)18-27-9-5-6-19(16-27)24-25-20-7-1-2-8-21(20)32-24/h1-2,7-8,19H,3-6,9-18H2. The first kappa shape index (κ1) is 21.8. The fourth-order valence-electron chi connectivity index (χ4n) is 5.17. The van der Waals surface area contributed by atoms with Crippen LogP contribution in [0.15, 0.2) is 24.3 Å². The molecule has 32 heavy (non-hydrogen) atoms. The summed E-state index contributed by atoms with van der Waals surface area (Å²) in [5, 5.41) is 1.21. The molecule has 1 atom stereocenters. The Kier molecular flexibility index (Phi) is 6.71. The Morgan fingerprint density at radius 3 is 2.28 bits per heavy atom. The topological polar surface area (TPSA) is 60.0 Å². The molecule has 5 rings (SSSR count). The highest BCUT2D eigenvalue weighted by Gasteiger charge is 2.29. The largest absolute Gasteiger partial charge is 0.342 e. The smallest absolute Gasteiger partial charge is 0.236 e. The normalized spacial score (nSPS) is 23.2. The number of piperidine rings is 1. The molecule has 3 fully saturated rings. The van der Waals surface area contributed by atoms with E-state index in [1.807, 2.05) is 15.9 Å². The van der Waals surface area contributed by atoms with Crippen LogP contribution in [0.2, 0.25) is 0 Å². The zero-order valence-corrected chi connectivity index (χ0v) is 19.6. The van der Waals surface area contributed by atoms with Gasteiger partial charge in [0.2, 0.25) is 11.8 Å².